The van der Waals surface area contributed by atoms with Gasteiger partial charge in [0.2, 0.25) is 5.91 Å². The van der Waals surface area contributed by atoms with Crippen LogP contribution in [0.3, 0.4) is 0 Å². The molecule has 1 aromatic heterocycles. The van der Waals surface area contributed by atoms with Crippen molar-refractivity contribution in [2.45, 2.75) is 40.2 Å². The lowest BCUT2D eigenvalue weighted by Crippen LogP contribution is -2.44. The first-order valence-corrected chi connectivity index (χ1v) is 10.2. The first-order chi connectivity index (χ1) is 14.6. The van der Waals surface area contributed by atoms with E-state index in [0.717, 1.165) is 10.5 Å². The Labute approximate surface area is 179 Å². The van der Waals surface area contributed by atoms with Crippen molar-refractivity contribution in [1.29, 1.82) is 0 Å². The topological polar surface area (TPSA) is 87.0 Å². The van der Waals surface area contributed by atoms with Gasteiger partial charge in [0.05, 0.1) is 24.3 Å². The van der Waals surface area contributed by atoms with Gasteiger partial charge in [0.1, 0.15) is 17.6 Å². The maximum atomic E-state index is 13.3. The fourth-order valence-electron chi connectivity index (χ4n) is 4.33. The van der Waals surface area contributed by atoms with E-state index >= 15 is 0 Å². The Hall–Kier alpha value is -3.23. The third-order valence-corrected chi connectivity index (χ3v) is 5.88. The summed E-state index contributed by atoms with van der Waals surface area (Å²) in [7, 11) is 0. The van der Waals surface area contributed by atoms with Crippen molar-refractivity contribution in [3.8, 4) is 0 Å². The lowest BCUT2D eigenvalue weighted by atomic mass is 9.92. The van der Waals surface area contributed by atoms with Crippen LogP contribution >= 0.6 is 0 Å². The number of anilines is 1. The van der Waals surface area contributed by atoms with Crippen LogP contribution in [0.5, 0.6) is 0 Å². The van der Waals surface area contributed by atoms with Gasteiger partial charge in [-0.3, -0.25) is 9.59 Å². The fourth-order valence-corrected chi connectivity index (χ4v) is 4.33. The van der Waals surface area contributed by atoms with Crippen molar-refractivity contribution in [3.05, 3.63) is 47.1 Å². The average molecular weight is 428 g/mol. The third-order valence-electron chi connectivity index (χ3n) is 5.88. The molecule has 4 rings (SSSR count). The second kappa shape index (κ2) is 7.47. The lowest BCUT2D eigenvalue weighted by molar-refractivity contribution is -0.132. The van der Waals surface area contributed by atoms with Crippen molar-refractivity contribution in [2.75, 3.05) is 24.5 Å². The minimum absolute atomic E-state index is 0.105. The molecule has 0 N–H and O–H groups in total. The zero-order chi connectivity index (χ0) is 22.5. The first-order valence-electron chi connectivity index (χ1n) is 10.2. The van der Waals surface area contributed by atoms with Crippen LogP contribution in [0.2, 0.25) is 0 Å². The molecule has 2 fully saturated rings. The number of halogens is 1. The first kappa shape index (κ1) is 21.0. The van der Waals surface area contributed by atoms with E-state index in [2.05, 4.69) is 5.16 Å². The lowest BCUT2D eigenvalue weighted by Gasteiger charge is -2.30. The van der Waals surface area contributed by atoms with Crippen LogP contribution in [-0.2, 0) is 16.0 Å². The number of imide groups is 1. The Bertz CT molecular complexity index is 1030. The van der Waals surface area contributed by atoms with Crippen molar-refractivity contribution in [2.24, 2.45) is 5.41 Å². The Morgan fingerprint density at radius 2 is 1.87 bits per heavy atom. The number of aryl methyl sites for hydroxylation is 2. The van der Waals surface area contributed by atoms with Crippen molar-refractivity contribution in [3.63, 3.8) is 0 Å². The van der Waals surface area contributed by atoms with Crippen LogP contribution < -0.4 is 4.90 Å². The molecule has 8 nitrogen and oxygen atoms in total. The number of benzene rings is 1. The van der Waals surface area contributed by atoms with Crippen LogP contribution in [0.1, 0.15) is 30.9 Å². The van der Waals surface area contributed by atoms with Gasteiger partial charge < -0.3 is 14.3 Å². The Kier molecular flexibility index (Phi) is 5.07. The van der Waals surface area contributed by atoms with E-state index in [1.165, 1.54) is 29.2 Å². The minimum atomic E-state index is -0.784. The number of carbonyl (C=O) groups excluding carboxylic acids is 3. The second-order valence-electron chi connectivity index (χ2n) is 8.99. The van der Waals surface area contributed by atoms with E-state index in [9.17, 15) is 18.8 Å². The average Bonchev–Trinajstić information content (AvgIpc) is 3.06. The Morgan fingerprint density at radius 1 is 1.19 bits per heavy atom. The summed E-state index contributed by atoms with van der Waals surface area (Å²) in [6, 6.07) is 4.00. The number of rotatable bonds is 3. The van der Waals surface area contributed by atoms with Crippen molar-refractivity contribution < 1.29 is 23.3 Å². The molecule has 1 unspecified atom stereocenters. The van der Waals surface area contributed by atoms with Crippen LogP contribution in [-0.4, -0.2) is 58.5 Å². The van der Waals surface area contributed by atoms with Gasteiger partial charge in [-0.15, -0.1) is 0 Å². The summed E-state index contributed by atoms with van der Waals surface area (Å²) in [6.45, 7) is 8.32. The zero-order valence-corrected chi connectivity index (χ0v) is 18.0. The molecule has 0 aliphatic carbocycles. The predicted octanol–water partition coefficient (Wildman–Crippen LogP) is 2.68. The molecule has 31 heavy (non-hydrogen) atoms. The zero-order valence-electron chi connectivity index (χ0n) is 18.0. The van der Waals surface area contributed by atoms with E-state index in [0.29, 0.717) is 30.2 Å². The van der Waals surface area contributed by atoms with Gasteiger partial charge in [0.15, 0.2) is 0 Å². The monoisotopic (exact) mass is 428 g/mol. The number of fused-ring (bicyclic) bond motifs is 1. The highest BCUT2D eigenvalue weighted by atomic mass is 19.1. The molecule has 0 bridgehead atoms. The maximum Gasteiger partial charge on any atom is 0.332 e. The van der Waals surface area contributed by atoms with E-state index in [-0.39, 0.29) is 18.9 Å². The van der Waals surface area contributed by atoms with E-state index in [1.54, 1.807) is 18.7 Å². The predicted molar refractivity (Wildman–Crippen MR) is 110 cm³/mol. The standard InChI is InChI=1S/C22H25FN4O4/c1-13-17(14(2)31-24-13)9-19(28)25-10-18-20(29)27(16-7-5-15(23)6-8-16)21(30)26(18)12-22(3,4)11-25/h5-8,18H,9-12H2,1-4H3. The molecule has 0 radical (unpaired) electrons. The van der Waals surface area contributed by atoms with Gasteiger partial charge in [-0.05, 0) is 38.1 Å². The highest BCUT2D eigenvalue weighted by molar-refractivity contribution is 6.21. The molecule has 0 spiro atoms. The molecule has 9 heteroatoms. The van der Waals surface area contributed by atoms with Crippen LogP contribution in [0, 0.1) is 25.1 Å². The van der Waals surface area contributed by atoms with Crippen molar-refractivity contribution in [1.82, 2.24) is 15.0 Å². The molecule has 164 valence electrons. The third kappa shape index (κ3) is 3.80. The highest BCUT2D eigenvalue weighted by Gasteiger charge is 2.50. The van der Waals surface area contributed by atoms with Gasteiger partial charge in [-0.2, -0.15) is 0 Å². The summed E-state index contributed by atoms with van der Waals surface area (Å²) in [5.74, 6) is -0.417. The van der Waals surface area contributed by atoms with Gasteiger partial charge >= 0.3 is 6.03 Å². The number of hydrogen-bond acceptors (Lipinski definition) is 5. The molecule has 2 aliphatic heterocycles. The number of aromatic nitrogens is 1. The Morgan fingerprint density at radius 3 is 2.48 bits per heavy atom. The fraction of sp³-hybridized carbons (Fsp3) is 0.455. The summed E-state index contributed by atoms with van der Waals surface area (Å²) in [6.07, 6.45) is 0.119. The molecule has 2 aliphatic rings. The summed E-state index contributed by atoms with van der Waals surface area (Å²) in [4.78, 5) is 43.7. The summed E-state index contributed by atoms with van der Waals surface area (Å²) in [5.41, 5.74) is 1.30. The van der Waals surface area contributed by atoms with Gasteiger partial charge in [0.25, 0.3) is 5.91 Å². The van der Waals surface area contributed by atoms with Gasteiger partial charge in [-0.25, -0.2) is 14.1 Å². The molecule has 2 aromatic rings. The summed E-state index contributed by atoms with van der Waals surface area (Å²) in [5, 5.41) is 3.90. The number of carbonyl (C=O) groups is 3. The SMILES string of the molecule is Cc1noc(C)c1CC(=O)N1CC2C(=O)N(c3ccc(F)cc3)C(=O)N2CC(C)(C)C1. The van der Waals surface area contributed by atoms with E-state index in [1.807, 2.05) is 13.8 Å². The van der Waals surface area contributed by atoms with E-state index < -0.39 is 29.2 Å². The molecule has 1 aromatic carbocycles. The maximum absolute atomic E-state index is 13.3. The molecule has 4 amide bonds. The number of nitrogens with zero attached hydrogens (tertiary/aromatic N) is 4. The summed E-state index contributed by atoms with van der Waals surface area (Å²) >= 11 is 0. The van der Waals surface area contributed by atoms with Crippen LogP contribution in [0.25, 0.3) is 0 Å². The summed E-state index contributed by atoms with van der Waals surface area (Å²) < 4.78 is 18.5. The Balaban J connectivity index is 1.61. The normalized spacial score (nSPS) is 20.8. The molecule has 2 saturated heterocycles. The highest BCUT2D eigenvalue weighted by Crippen LogP contribution is 2.33. The van der Waals surface area contributed by atoms with Crippen LogP contribution in [0.15, 0.2) is 28.8 Å². The van der Waals surface area contributed by atoms with Gasteiger partial charge in [-0.1, -0.05) is 19.0 Å². The molecule has 0 saturated carbocycles. The number of hydrogen-bond donors (Lipinski definition) is 0. The van der Waals surface area contributed by atoms with Crippen molar-refractivity contribution >= 4 is 23.5 Å². The molecule has 1 atom stereocenters. The van der Waals surface area contributed by atoms with Gasteiger partial charge in [0, 0.05) is 24.1 Å². The quantitative estimate of drug-likeness (QED) is 0.702. The minimum Gasteiger partial charge on any atom is -0.361 e. The number of amides is 4. The van der Waals surface area contributed by atoms with E-state index in [4.69, 9.17) is 4.52 Å². The smallest absolute Gasteiger partial charge is 0.332 e. The molecule has 3 heterocycles. The molecular weight excluding hydrogens is 403 g/mol. The number of urea groups is 1. The second-order valence-corrected chi connectivity index (χ2v) is 8.99. The largest absolute Gasteiger partial charge is 0.361 e. The van der Waals surface area contributed by atoms with Crippen LogP contribution in [0.4, 0.5) is 14.9 Å². The molecular formula is C22H25FN4O4.